The molecule has 31 heavy (non-hydrogen) atoms. The number of aryl methyl sites for hydroxylation is 1. The van der Waals surface area contributed by atoms with Gasteiger partial charge in [-0.05, 0) is 41.5 Å². The molecule has 1 N–H and O–H groups in total. The molecule has 0 amide bonds. The second-order valence-electron chi connectivity index (χ2n) is 6.86. The Hall–Kier alpha value is -3.71. The minimum absolute atomic E-state index is 0.0270. The Balaban J connectivity index is 1.93. The summed E-state index contributed by atoms with van der Waals surface area (Å²) in [5.74, 6) is -0.975. The number of hydrogen-bond donors (Lipinski definition) is 1. The zero-order valence-corrected chi connectivity index (χ0v) is 17.0. The molecule has 0 radical (unpaired) electrons. The third-order valence-electron chi connectivity index (χ3n) is 4.96. The molecule has 0 aliphatic heterocycles. The van der Waals surface area contributed by atoms with Gasteiger partial charge < -0.3 is 10.3 Å². The number of hydrogen-bond acceptors (Lipinski definition) is 4. The number of fused-ring (bicyclic) bond motifs is 1. The molecule has 0 unspecified atom stereocenters. The molecule has 156 valence electrons. The van der Waals surface area contributed by atoms with E-state index in [0.29, 0.717) is 28.8 Å². The smallest absolute Gasteiger partial charge is 0.349 e. The Morgan fingerprint density at radius 2 is 1.94 bits per heavy atom. The zero-order valence-electron chi connectivity index (χ0n) is 16.2. The van der Waals surface area contributed by atoms with Gasteiger partial charge in [0, 0.05) is 29.3 Å². The predicted molar refractivity (Wildman–Crippen MR) is 114 cm³/mol. The predicted octanol–water partition coefficient (Wildman–Crippen LogP) is 3.64. The van der Waals surface area contributed by atoms with Gasteiger partial charge in [0.2, 0.25) is 0 Å². The Kier molecular flexibility index (Phi) is 5.68. The minimum atomic E-state index is -0.499. The summed E-state index contributed by atoms with van der Waals surface area (Å²) in [4.78, 5) is 13.2. The highest BCUT2D eigenvalue weighted by molar-refractivity contribution is 6.30. The summed E-state index contributed by atoms with van der Waals surface area (Å²) >= 11 is 5.85. The van der Waals surface area contributed by atoms with Gasteiger partial charge in [0.05, 0.1) is 18.6 Å². The summed E-state index contributed by atoms with van der Waals surface area (Å²) in [6.45, 7) is 0.217. The summed E-state index contributed by atoms with van der Waals surface area (Å²) < 4.78 is 17.3. The summed E-state index contributed by atoms with van der Waals surface area (Å²) in [6, 6.07) is 16.1. The van der Waals surface area contributed by atoms with E-state index >= 15 is 0 Å². The maximum Gasteiger partial charge on any atom is 0.349 e. The van der Waals surface area contributed by atoms with Crippen LogP contribution in [-0.2, 0) is 6.54 Å². The van der Waals surface area contributed by atoms with Crippen LogP contribution in [0.5, 0.6) is 5.88 Å². The van der Waals surface area contributed by atoms with Crippen LogP contribution in [0.4, 0.5) is 4.39 Å². The second kappa shape index (κ2) is 8.57. The molecule has 6 nitrogen and oxygen atoms in total. The molecule has 2 aromatic heterocycles. The summed E-state index contributed by atoms with van der Waals surface area (Å²) in [7, 11) is 0. The number of pyridine rings is 1. The van der Waals surface area contributed by atoms with Crippen LogP contribution in [0.1, 0.15) is 6.42 Å². The minimum Gasteiger partial charge on any atom is -0.842 e. The van der Waals surface area contributed by atoms with Crippen LogP contribution >= 0.6 is 11.6 Å². The monoisotopic (exact) mass is 437 g/mol. The van der Waals surface area contributed by atoms with Crippen molar-refractivity contribution in [3.8, 4) is 28.1 Å². The number of aromatic nitrogens is 2. The maximum absolute atomic E-state index is 14.4. The molecular formula is C23H17ClFN3O3. The lowest BCUT2D eigenvalue weighted by Crippen LogP contribution is -2.44. The maximum atomic E-state index is 14.4. The van der Waals surface area contributed by atoms with Crippen molar-refractivity contribution in [2.75, 3.05) is 0 Å². The fourth-order valence-electron chi connectivity index (χ4n) is 3.55. The Morgan fingerprint density at radius 3 is 2.71 bits per heavy atom. The van der Waals surface area contributed by atoms with Crippen LogP contribution in [0.3, 0.4) is 0 Å². The lowest BCUT2D eigenvalue weighted by Gasteiger charge is -2.17. The van der Waals surface area contributed by atoms with E-state index in [1.54, 1.807) is 60.8 Å². The van der Waals surface area contributed by atoms with Gasteiger partial charge in [-0.2, -0.15) is 4.40 Å². The molecule has 2 heterocycles. The van der Waals surface area contributed by atoms with Crippen molar-refractivity contribution in [3.05, 3.63) is 88.1 Å². The van der Waals surface area contributed by atoms with E-state index in [4.69, 9.17) is 16.8 Å². The third kappa shape index (κ3) is 3.87. The lowest BCUT2D eigenvalue weighted by atomic mass is 9.99. The molecule has 8 heteroatoms. The molecule has 4 rings (SSSR count). The van der Waals surface area contributed by atoms with E-state index < -0.39 is 17.3 Å². The van der Waals surface area contributed by atoms with E-state index in [1.165, 1.54) is 21.2 Å². The first-order valence-electron chi connectivity index (χ1n) is 9.47. The highest BCUT2D eigenvalue weighted by atomic mass is 35.5. The molecular weight excluding hydrogens is 421 g/mol. The highest BCUT2D eigenvalue weighted by Crippen LogP contribution is 2.30. The van der Waals surface area contributed by atoms with E-state index in [0.717, 1.165) is 0 Å². The van der Waals surface area contributed by atoms with Crippen molar-refractivity contribution in [3.63, 3.8) is 0 Å². The van der Waals surface area contributed by atoms with Crippen molar-refractivity contribution in [2.24, 2.45) is 5.16 Å². The average Bonchev–Trinajstić information content (AvgIpc) is 2.76. The summed E-state index contributed by atoms with van der Waals surface area (Å²) in [5.41, 5.74) is 1.13. The lowest BCUT2D eigenvalue weighted by molar-refractivity contribution is -0.714. The topological polar surface area (TPSA) is 81.0 Å². The Morgan fingerprint density at radius 1 is 1.13 bits per heavy atom. The molecule has 0 saturated carbocycles. The molecule has 0 bridgehead atoms. The first-order valence-corrected chi connectivity index (χ1v) is 9.85. The fraction of sp³-hybridized carbons (Fsp3) is 0.0870. The van der Waals surface area contributed by atoms with Gasteiger partial charge in [-0.3, -0.25) is 0 Å². The standard InChI is InChI=1S/C23H17ClFN3O3/c24-17-8-9-18(19(25)14-17)15-5-3-6-16(13-15)21-22(29)27-11-2-1-7-20(27)28(23(21)30)12-4-10-26-31/h1-3,5-11,13-14H,4,12H2,(H-,29,30,31)/b26-10+. The Labute approximate surface area is 181 Å². The van der Waals surface area contributed by atoms with Crippen LogP contribution in [0.25, 0.3) is 27.9 Å². The quantitative estimate of drug-likeness (QED) is 0.224. The number of benzene rings is 2. The van der Waals surface area contributed by atoms with Crippen molar-refractivity contribution in [1.82, 2.24) is 4.40 Å². The van der Waals surface area contributed by atoms with E-state index in [9.17, 15) is 14.3 Å². The highest BCUT2D eigenvalue weighted by Gasteiger charge is 2.20. The summed E-state index contributed by atoms with van der Waals surface area (Å²) in [5, 5.41) is 25.2. The Bertz CT molecular complexity index is 1370. The number of rotatable bonds is 5. The summed E-state index contributed by atoms with van der Waals surface area (Å²) in [6.07, 6.45) is 3.16. The first-order chi connectivity index (χ1) is 15.0. The van der Waals surface area contributed by atoms with Gasteiger partial charge in [0.1, 0.15) is 11.4 Å². The number of oxime groups is 1. The zero-order chi connectivity index (χ0) is 22.0. The third-order valence-corrected chi connectivity index (χ3v) is 5.20. The van der Waals surface area contributed by atoms with Crippen LogP contribution < -0.4 is 15.2 Å². The van der Waals surface area contributed by atoms with Crippen LogP contribution in [-0.4, -0.2) is 15.8 Å². The van der Waals surface area contributed by atoms with Crippen molar-refractivity contribution in [1.29, 1.82) is 0 Å². The first kappa shape index (κ1) is 20.6. The molecule has 4 aromatic rings. The van der Waals surface area contributed by atoms with E-state index in [2.05, 4.69) is 5.16 Å². The van der Waals surface area contributed by atoms with Gasteiger partial charge >= 0.3 is 5.56 Å². The van der Waals surface area contributed by atoms with E-state index in [1.807, 2.05) is 0 Å². The molecule has 0 spiro atoms. The number of halogens is 2. The van der Waals surface area contributed by atoms with Crippen molar-refractivity contribution >= 4 is 23.5 Å². The van der Waals surface area contributed by atoms with E-state index in [-0.39, 0.29) is 17.1 Å². The second-order valence-corrected chi connectivity index (χ2v) is 7.29. The van der Waals surface area contributed by atoms with Crippen LogP contribution in [0.15, 0.2) is 76.8 Å². The molecule has 2 aromatic carbocycles. The van der Waals surface area contributed by atoms with Crippen LogP contribution in [0, 0.1) is 5.82 Å². The van der Waals surface area contributed by atoms with Gasteiger partial charge in [0.25, 0.3) is 5.65 Å². The van der Waals surface area contributed by atoms with Gasteiger partial charge in [-0.1, -0.05) is 35.9 Å². The van der Waals surface area contributed by atoms with Crippen molar-refractivity contribution in [2.45, 2.75) is 13.0 Å². The molecule has 0 fully saturated rings. The molecule has 0 aliphatic carbocycles. The average molecular weight is 438 g/mol. The normalized spacial score (nSPS) is 11.4. The molecule has 0 saturated heterocycles. The SMILES string of the molecule is O=c1c(-c2cccc(-c3ccc(Cl)cc3F)c2)c([O-])[n+](CC/C=N/O)c2ccccn12. The van der Waals surface area contributed by atoms with Crippen LogP contribution in [0.2, 0.25) is 5.02 Å². The van der Waals surface area contributed by atoms with Crippen molar-refractivity contribution < 1.29 is 19.3 Å². The molecule has 0 atom stereocenters. The fourth-order valence-corrected chi connectivity index (χ4v) is 3.71. The van der Waals surface area contributed by atoms with Gasteiger partial charge in [0.15, 0.2) is 0 Å². The van der Waals surface area contributed by atoms with Gasteiger partial charge in [-0.15, -0.1) is 5.16 Å². The molecule has 0 aliphatic rings. The van der Waals surface area contributed by atoms with Gasteiger partial charge in [-0.25, -0.2) is 13.8 Å². The largest absolute Gasteiger partial charge is 0.842 e. The number of nitrogens with zero attached hydrogens (tertiary/aromatic N) is 3.